The maximum absolute atomic E-state index is 11.2. The number of hydrogen-bond acceptors (Lipinski definition) is 6. The molecular weight excluding hydrogens is 354 g/mol. The van der Waals surface area contributed by atoms with Crippen molar-refractivity contribution in [3.63, 3.8) is 0 Å². The van der Waals surface area contributed by atoms with Crippen LogP contribution >= 0.6 is 0 Å². The summed E-state index contributed by atoms with van der Waals surface area (Å²) >= 11 is 0. The van der Waals surface area contributed by atoms with Crippen LogP contribution in [0.25, 0.3) is 22.2 Å². The minimum absolute atomic E-state index is 0.169. The van der Waals surface area contributed by atoms with Gasteiger partial charge in [-0.3, -0.25) is 9.97 Å². The molecular formula is C21H17N5O2. The van der Waals surface area contributed by atoms with E-state index in [1.165, 1.54) is 18.3 Å². The molecule has 0 bridgehead atoms. The van der Waals surface area contributed by atoms with E-state index in [1.54, 1.807) is 18.5 Å². The molecule has 3 aromatic heterocycles. The molecule has 0 radical (unpaired) electrons. The maximum atomic E-state index is 11.2. The number of pyridine rings is 2. The fourth-order valence-electron chi connectivity index (χ4n) is 3.03. The highest BCUT2D eigenvalue weighted by molar-refractivity contribution is 5.88. The van der Waals surface area contributed by atoms with Gasteiger partial charge in [-0.15, -0.1) is 0 Å². The van der Waals surface area contributed by atoms with Crippen molar-refractivity contribution in [2.75, 3.05) is 11.9 Å². The summed E-state index contributed by atoms with van der Waals surface area (Å²) in [5, 5.41) is 11.4. The van der Waals surface area contributed by atoms with E-state index >= 15 is 0 Å². The molecule has 0 saturated carbocycles. The van der Waals surface area contributed by atoms with E-state index in [4.69, 9.17) is 0 Å². The van der Waals surface area contributed by atoms with E-state index < -0.39 is 5.97 Å². The monoisotopic (exact) mass is 371 g/mol. The van der Waals surface area contributed by atoms with Gasteiger partial charge in [-0.25, -0.2) is 14.8 Å². The van der Waals surface area contributed by atoms with Gasteiger partial charge in [0.2, 0.25) is 5.95 Å². The molecule has 0 aliphatic rings. The molecule has 0 saturated heterocycles. The van der Waals surface area contributed by atoms with Gasteiger partial charge < -0.3 is 10.0 Å². The molecule has 138 valence electrons. The molecule has 0 aliphatic heterocycles. The molecule has 1 aromatic carbocycles. The number of anilines is 1. The molecule has 7 heteroatoms. The second kappa shape index (κ2) is 7.40. The summed E-state index contributed by atoms with van der Waals surface area (Å²) in [6, 6.07) is 12.8. The number of benzene rings is 1. The molecule has 3 heterocycles. The highest BCUT2D eigenvalue weighted by atomic mass is 16.4. The first-order chi connectivity index (χ1) is 13.6. The number of rotatable bonds is 5. The van der Waals surface area contributed by atoms with E-state index in [9.17, 15) is 9.90 Å². The van der Waals surface area contributed by atoms with Gasteiger partial charge in [0, 0.05) is 43.8 Å². The number of carboxylic acid groups (broad SMARTS) is 1. The average molecular weight is 371 g/mol. The van der Waals surface area contributed by atoms with Crippen LogP contribution in [0, 0.1) is 0 Å². The minimum Gasteiger partial charge on any atom is -0.478 e. The largest absolute Gasteiger partial charge is 0.478 e. The first kappa shape index (κ1) is 17.5. The van der Waals surface area contributed by atoms with Crippen LogP contribution in [-0.2, 0) is 6.54 Å². The Morgan fingerprint density at radius 3 is 2.75 bits per heavy atom. The van der Waals surface area contributed by atoms with Crippen molar-refractivity contribution in [1.29, 1.82) is 0 Å². The lowest BCUT2D eigenvalue weighted by Crippen LogP contribution is -2.19. The third-order valence-electron chi connectivity index (χ3n) is 4.43. The quantitative estimate of drug-likeness (QED) is 0.574. The van der Waals surface area contributed by atoms with E-state index in [0.717, 1.165) is 16.3 Å². The smallest absolute Gasteiger partial charge is 0.335 e. The average Bonchev–Trinajstić information content (AvgIpc) is 2.74. The molecule has 0 spiro atoms. The van der Waals surface area contributed by atoms with E-state index in [0.29, 0.717) is 23.9 Å². The van der Waals surface area contributed by atoms with Gasteiger partial charge in [-0.1, -0.05) is 18.2 Å². The van der Waals surface area contributed by atoms with Crippen molar-refractivity contribution in [2.24, 2.45) is 0 Å². The molecule has 0 atom stereocenters. The van der Waals surface area contributed by atoms with Crippen LogP contribution in [0.4, 0.5) is 5.95 Å². The summed E-state index contributed by atoms with van der Waals surface area (Å²) in [6.07, 6.45) is 6.74. The lowest BCUT2D eigenvalue weighted by Gasteiger charge is -2.18. The topological polar surface area (TPSA) is 92.1 Å². The van der Waals surface area contributed by atoms with Crippen molar-refractivity contribution in [3.05, 3.63) is 78.4 Å². The zero-order valence-electron chi connectivity index (χ0n) is 15.1. The Balaban J connectivity index is 1.64. The Morgan fingerprint density at radius 1 is 1.04 bits per heavy atom. The van der Waals surface area contributed by atoms with Gasteiger partial charge in [0.15, 0.2) is 0 Å². The highest BCUT2D eigenvalue weighted by Gasteiger charge is 2.11. The van der Waals surface area contributed by atoms with Crippen LogP contribution < -0.4 is 4.90 Å². The number of aromatic carboxylic acids is 1. The molecule has 7 nitrogen and oxygen atoms in total. The Kier molecular flexibility index (Phi) is 4.63. The first-order valence-electron chi connectivity index (χ1n) is 8.67. The van der Waals surface area contributed by atoms with Crippen LogP contribution in [0.3, 0.4) is 0 Å². The number of fused-ring (bicyclic) bond motifs is 1. The molecule has 4 aromatic rings. The predicted molar refractivity (Wildman–Crippen MR) is 106 cm³/mol. The lowest BCUT2D eigenvalue weighted by atomic mass is 10.1. The SMILES string of the molecule is CN(Cc1cccc2cnccc12)c1nccc(-c2cc(C(=O)O)ccn2)n1. The number of carbonyl (C=O) groups is 1. The normalized spacial score (nSPS) is 10.8. The lowest BCUT2D eigenvalue weighted by molar-refractivity contribution is 0.0697. The summed E-state index contributed by atoms with van der Waals surface area (Å²) in [7, 11) is 1.92. The van der Waals surface area contributed by atoms with Crippen LogP contribution in [0.15, 0.2) is 67.3 Å². The van der Waals surface area contributed by atoms with Crippen molar-refractivity contribution in [1.82, 2.24) is 19.9 Å². The van der Waals surface area contributed by atoms with Gasteiger partial charge in [-0.05, 0) is 35.2 Å². The number of carboxylic acids is 1. The predicted octanol–water partition coefficient (Wildman–Crippen LogP) is 3.42. The third-order valence-corrected chi connectivity index (χ3v) is 4.43. The summed E-state index contributed by atoms with van der Waals surface area (Å²) in [6.45, 7) is 0.618. The molecule has 0 unspecified atom stereocenters. The number of nitrogens with zero attached hydrogens (tertiary/aromatic N) is 5. The number of hydrogen-bond donors (Lipinski definition) is 1. The van der Waals surface area contributed by atoms with Crippen LogP contribution in [0.5, 0.6) is 0 Å². The molecule has 28 heavy (non-hydrogen) atoms. The fourth-order valence-corrected chi connectivity index (χ4v) is 3.03. The molecule has 4 rings (SSSR count). The molecule has 1 N–H and O–H groups in total. The van der Waals surface area contributed by atoms with Crippen LogP contribution in [0.2, 0.25) is 0 Å². The van der Waals surface area contributed by atoms with Crippen LogP contribution in [0.1, 0.15) is 15.9 Å². The maximum Gasteiger partial charge on any atom is 0.335 e. The van der Waals surface area contributed by atoms with Gasteiger partial charge >= 0.3 is 5.97 Å². The zero-order valence-corrected chi connectivity index (χ0v) is 15.1. The van der Waals surface area contributed by atoms with E-state index in [2.05, 4.69) is 26.0 Å². The zero-order chi connectivity index (χ0) is 19.5. The van der Waals surface area contributed by atoms with Crippen LogP contribution in [-0.4, -0.2) is 38.1 Å². The Labute approximate surface area is 161 Å². The summed E-state index contributed by atoms with van der Waals surface area (Å²) in [5.41, 5.74) is 2.38. The fraction of sp³-hybridized carbons (Fsp3) is 0.0952. The summed E-state index contributed by atoms with van der Waals surface area (Å²) in [5.74, 6) is -0.466. The second-order valence-corrected chi connectivity index (χ2v) is 6.35. The first-order valence-corrected chi connectivity index (χ1v) is 8.67. The molecule has 0 amide bonds. The van der Waals surface area contributed by atoms with Crippen molar-refractivity contribution in [2.45, 2.75) is 6.54 Å². The van der Waals surface area contributed by atoms with Crippen molar-refractivity contribution in [3.8, 4) is 11.4 Å². The van der Waals surface area contributed by atoms with Gasteiger partial charge in [0.25, 0.3) is 0 Å². The standard InChI is InChI=1S/C21H17N5O2/c1-26(13-16-4-2-3-15-12-22-8-6-17(15)16)21-24-10-7-18(25-21)19-11-14(20(27)28)5-9-23-19/h2-12H,13H2,1H3,(H,27,28). The van der Waals surface area contributed by atoms with Crippen molar-refractivity contribution >= 4 is 22.7 Å². The van der Waals surface area contributed by atoms with Gasteiger partial charge in [0.05, 0.1) is 17.0 Å². The Hall–Kier alpha value is -3.87. The second-order valence-electron chi connectivity index (χ2n) is 6.35. The highest BCUT2D eigenvalue weighted by Crippen LogP contribution is 2.22. The minimum atomic E-state index is -1.000. The Bertz CT molecular complexity index is 1160. The Morgan fingerprint density at radius 2 is 1.89 bits per heavy atom. The molecule has 0 aliphatic carbocycles. The van der Waals surface area contributed by atoms with Gasteiger partial charge in [0.1, 0.15) is 0 Å². The van der Waals surface area contributed by atoms with Gasteiger partial charge in [-0.2, -0.15) is 0 Å². The van der Waals surface area contributed by atoms with E-state index in [1.807, 2.05) is 36.3 Å². The van der Waals surface area contributed by atoms with E-state index in [-0.39, 0.29) is 5.56 Å². The summed E-state index contributed by atoms with van der Waals surface area (Å²) < 4.78 is 0. The van der Waals surface area contributed by atoms with Crippen molar-refractivity contribution < 1.29 is 9.90 Å². The molecule has 0 fully saturated rings. The summed E-state index contributed by atoms with van der Waals surface area (Å²) in [4.78, 5) is 30.5. The third kappa shape index (κ3) is 3.50. The number of aromatic nitrogens is 4.